The van der Waals surface area contributed by atoms with Gasteiger partial charge in [0.1, 0.15) is 5.60 Å². The number of carbonyl (C=O) groups is 1. The second kappa shape index (κ2) is 6.46. The highest BCUT2D eigenvalue weighted by atomic mass is 32.1. The highest BCUT2D eigenvalue weighted by Crippen LogP contribution is 2.39. The SMILES string of the molecule is [C-]#[N+]c1nn(CC(=O)OC(C)(C)C)c2cc(Cn3cc(C4CC4)nn3)sc12. The van der Waals surface area contributed by atoms with Crippen LogP contribution in [0.3, 0.4) is 0 Å². The lowest BCUT2D eigenvalue weighted by molar-refractivity contribution is -0.155. The maximum atomic E-state index is 12.2. The lowest BCUT2D eigenvalue weighted by Crippen LogP contribution is -2.26. The summed E-state index contributed by atoms with van der Waals surface area (Å²) in [7, 11) is 0. The molecule has 0 saturated heterocycles. The minimum atomic E-state index is -0.557. The van der Waals surface area contributed by atoms with Crippen molar-refractivity contribution in [2.75, 3.05) is 0 Å². The molecular formula is C18H20N6O2S. The first-order chi connectivity index (χ1) is 12.8. The predicted molar refractivity (Wildman–Crippen MR) is 101 cm³/mol. The fourth-order valence-electron chi connectivity index (χ4n) is 2.88. The van der Waals surface area contributed by atoms with E-state index in [0.29, 0.717) is 18.3 Å². The van der Waals surface area contributed by atoms with Crippen LogP contribution in [0.2, 0.25) is 0 Å². The summed E-state index contributed by atoms with van der Waals surface area (Å²) < 4.78 is 9.52. The first-order valence-corrected chi connectivity index (χ1v) is 9.62. The van der Waals surface area contributed by atoms with Gasteiger partial charge in [-0.25, -0.2) is 9.48 Å². The zero-order chi connectivity index (χ0) is 19.2. The van der Waals surface area contributed by atoms with Gasteiger partial charge in [0.25, 0.3) is 0 Å². The number of hydrogen-bond donors (Lipinski definition) is 0. The summed E-state index contributed by atoms with van der Waals surface area (Å²) >= 11 is 1.50. The van der Waals surface area contributed by atoms with Crippen LogP contribution in [0.4, 0.5) is 5.82 Å². The molecule has 8 nitrogen and oxygen atoms in total. The molecule has 0 radical (unpaired) electrons. The molecule has 0 aliphatic heterocycles. The van der Waals surface area contributed by atoms with Crippen LogP contribution >= 0.6 is 11.3 Å². The van der Waals surface area contributed by atoms with Gasteiger partial charge in [-0.2, -0.15) is 4.68 Å². The van der Waals surface area contributed by atoms with Gasteiger partial charge in [0.15, 0.2) is 6.54 Å². The largest absolute Gasteiger partial charge is 0.459 e. The van der Waals surface area contributed by atoms with Crippen LogP contribution in [-0.2, 0) is 22.6 Å². The molecule has 0 amide bonds. The van der Waals surface area contributed by atoms with Crippen molar-refractivity contribution >= 4 is 33.3 Å². The van der Waals surface area contributed by atoms with E-state index < -0.39 is 5.60 Å². The standard InChI is InChI=1S/C18H20N6O2S/c1-18(2,3)26-15(25)10-24-14-7-12(27-16(14)17(19-4)21-24)8-23-9-13(20-22-23)11-5-6-11/h7,9,11H,5-6,8,10H2,1-3H3. The Morgan fingerprint density at radius 3 is 2.89 bits per heavy atom. The molecule has 1 aliphatic carbocycles. The minimum absolute atomic E-state index is 0.0192. The second-order valence-electron chi connectivity index (χ2n) is 7.72. The number of ether oxygens (including phenoxy) is 1. The summed E-state index contributed by atoms with van der Waals surface area (Å²) in [6.07, 6.45) is 4.37. The van der Waals surface area contributed by atoms with Crippen molar-refractivity contribution in [2.24, 2.45) is 0 Å². The molecule has 1 fully saturated rings. The molecule has 0 bridgehead atoms. The number of carbonyl (C=O) groups excluding carboxylic acids is 1. The molecule has 1 aliphatic rings. The lowest BCUT2D eigenvalue weighted by Gasteiger charge is -2.18. The molecule has 0 spiro atoms. The highest BCUT2D eigenvalue weighted by molar-refractivity contribution is 7.19. The van der Waals surface area contributed by atoms with Crippen LogP contribution in [0.25, 0.3) is 15.1 Å². The van der Waals surface area contributed by atoms with E-state index in [9.17, 15) is 4.79 Å². The smallest absolute Gasteiger partial charge is 0.330 e. The van der Waals surface area contributed by atoms with Crippen molar-refractivity contribution in [3.05, 3.63) is 34.3 Å². The van der Waals surface area contributed by atoms with Crippen molar-refractivity contribution in [2.45, 2.75) is 58.2 Å². The Morgan fingerprint density at radius 2 is 2.22 bits per heavy atom. The zero-order valence-corrected chi connectivity index (χ0v) is 16.3. The molecule has 0 unspecified atom stereocenters. The highest BCUT2D eigenvalue weighted by Gasteiger charge is 2.27. The molecule has 140 valence electrons. The lowest BCUT2D eigenvalue weighted by atomic mass is 10.2. The summed E-state index contributed by atoms with van der Waals surface area (Å²) in [6, 6.07) is 1.96. The van der Waals surface area contributed by atoms with Crippen molar-refractivity contribution in [3.8, 4) is 0 Å². The van der Waals surface area contributed by atoms with Crippen molar-refractivity contribution < 1.29 is 9.53 Å². The monoisotopic (exact) mass is 384 g/mol. The number of fused-ring (bicyclic) bond motifs is 1. The summed E-state index contributed by atoms with van der Waals surface area (Å²) in [5.74, 6) is 0.501. The van der Waals surface area contributed by atoms with E-state index in [1.807, 2.05) is 37.7 Å². The van der Waals surface area contributed by atoms with E-state index >= 15 is 0 Å². The number of hydrogen-bond acceptors (Lipinski definition) is 6. The molecule has 0 N–H and O–H groups in total. The molecule has 4 rings (SSSR count). The van der Waals surface area contributed by atoms with Crippen LogP contribution in [0.1, 0.15) is 50.1 Å². The third-order valence-electron chi connectivity index (χ3n) is 4.13. The number of nitrogens with zero attached hydrogens (tertiary/aromatic N) is 6. The third kappa shape index (κ3) is 3.85. The molecule has 3 aromatic rings. The number of aromatic nitrogens is 5. The minimum Gasteiger partial charge on any atom is -0.459 e. The molecular weight excluding hydrogens is 364 g/mol. The maximum absolute atomic E-state index is 12.2. The molecule has 1 saturated carbocycles. The quantitative estimate of drug-likeness (QED) is 0.497. The van der Waals surface area contributed by atoms with Crippen molar-refractivity contribution in [1.82, 2.24) is 24.8 Å². The molecule has 3 heterocycles. The van der Waals surface area contributed by atoms with Crippen molar-refractivity contribution in [1.29, 1.82) is 0 Å². The fourth-order valence-corrected chi connectivity index (χ4v) is 3.96. The van der Waals surface area contributed by atoms with Gasteiger partial charge in [0, 0.05) is 17.0 Å². The van der Waals surface area contributed by atoms with E-state index in [-0.39, 0.29) is 12.5 Å². The molecule has 3 aromatic heterocycles. The Kier molecular flexibility index (Phi) is 4.23. The summed E-state index contributed by atoms with van der Waals surface area (Å²) in [5.41, 5.74) is 1.27. The van der Waals surface area contributed by atoms with Crippen molar-refractivity contribution in [3.63, 3.8) is 0 Å². The van der Waals surface area contributed by atoms with Gasteiger partial charge in [-0.3, -0.25) is 0 Å². The van der Waals surface area contributed by atoms with E-state index in [1.54, 1.807) is 4.68 Å². The topological polar surface area (TPSA) is 79.2 Å². The van der Waals surface area contributed by atoms with E-state index in [0.717, 1.165) is 20.8 Å². The van der Waals surface area contributed by atoms with E-state index in [2.05, 4.69) is 20.3 Å². The molecule has 27 heavy (non-hydrogen) atoms. The van der Waals surface area contributed by atoms with Gasteiger partial charge >= 0.3 is 11.8 Å². The van der Waals surface area contributed by atoms with Gasteiger partial charge in [-0.05, 0) is 44.8 Å². The van der Waals surface area contributed by atoms with Gasteiger partial charge in [-0.15, -0.1) is 16.4 Å². The molecule has 9 heteroatoms. The van der Waals surface area contributed by atoms with Crippen LogP contribution in [0.5, 0.6) is 0 Å². The van der Waals surface area contributed by atoms with E-state index in [1.165, 1.54) is 24.2 Å². The Hall–Kier alpha value is -2.73. The van der Waals surface area contributed by atoms with Crippen LogP contribution in [0, 0.1) is 6.57 Å². The van der Waals surface area contributed by atoms with Gasteiger partial charge in [0.2, 0.25) is 0 Å². The van der Waals surface area contributed by atoms with Gasteiger partial charge in [-0.1, -0.05) is 11.8 Å². The van der Waals surface area contributed by atoms with Crippen LogP contribution in [-0.4, -0.2) is 36.3 Å². The summed E-state index contributed by atoms with van der Waals surface area (Å²) in [6.45, 7) is 13.4. The summed E-state index contributed by atoms with van der Waals surface area (Å²) in [5, 5.41) is 12.7. The molecule has 0 aromatic carbocycles. The summed E-state index contributed by atoms with van der Waals surface area (Å²) in [4.78, 5) is 16.7. The predicted octanol–water partition coefficient (Wildman–Crippen LogP) is 3.51. The first-order valence-electron chi connectivity index (χ1n) is 8.81. The molecule has 0 atom stereocenters. The normalized spacial score (nSPS) is 14.4. The second-order valence-corrected chi connectivity index (χ2v) is 8.86. The maximum Gasteiger partial charge on any atom is 0.330 e. The number of esters is 1. The Bertz CT molecular complexity index is 1040. The number of thiophene rings is 1. The Morgan fingerprint density at radius 1 is 1.44 bits per heavy atom. The fraction of sp³-hybridized carbons (Fsp3) is 0.500. The average Bonchev–Trinajstić information content (AvgIpc) is 3.04. The first kappa shape index (κ1) is 17.7. The van der Waals surface area contributed by atoms with Gasteiger partial charge in [0.05, 0.1) is 22.5 Å². The van der Waals surface area contributed by atoms with Crippen LogP contribution < -0.4 is 0 Å². The third-order valence-corrected chi connectivity index (χ3v) is 5.24. The van der Waals surface area contributed by atoms with Gasteiger partial charge < -0.3 is 9.58 Å². The number of rotatable bonds is 5. The zero-order valence-electron chi connectivity index (χ0n) is 15.5. The Labute approximate surface area is 160 Å². The average molecular weight is 384 g/mol. The van der Waals surface area contributed by atoms with Crippen LogP contribution in [0.15, 0.2) is 12.3 Å². The van der Waals surface area contributed by atoms with E-state index in [4.69, 9.17) is 11.3 Å². The Balaban J connectivity index is 1.57.